The molecule has 7 nitrogen and oxygen atoms in total. The van der Waals surface area contributed by atoms with Gasteiger partial charge in [-0.05, 0) is 70.3 Å². The average molecular weight is 418 g/mol. The summed E-state index contributed by atoms with van der Waals surface area (Å²) < 4.78 is 5.47. The summed E-state index contributed by atoms with van der Waals surface area (Å²) in [5.41, 5.74) is 1.92. The van der Waals surface area contributed by atoms with E-state index < -0.39 is 11.7 Å². The average Bonchev–Trinajstić information content (AvgIpc) is 3.04. The zero-order valence-corrected chi connectivity index (χ0v) is 18.2. The van der Waals surface area contributed by atoms with Crippen molar-refractivity contribution in [2.45, 2.75) is 33.3 Å². The summed E-state index contributed by atoms with van der Waals surface area (Å²) >= 11 is 0. The van der Waals surface area contributed by atoms with Gasteiger partial charge >= 0.3 is 6.09 Å². The highest BCUT2D eigenvalue weighted by atomic mass is 16.6. The number of carbonyl (C=O) groups is 2. The largest absolute Gasteiger partial charge is 0.443 e. The number of nitrogens with zero attached hydrogens (tertiary/aromatic N) is 4. The van der Waals surface area contributed by atoms with Crippen LogP contribution in [0.25, 0.3) is 6.08 Å². The van der Waals surface area contributed by atoms with Crippen molar-refractivity contribution in [3.8, 4) is 0 Å². The molecule has 0 aliphatic carbocycles. The number of hydrazone groups is 1. The Balaban J connectivity index is 1.84. The van der Waals surface area contributed by atoms with Crippen molar-refractivity contribution >= 4 is 42.0 Å². The number of amidine groups is 1. The van der Waals surface area contributed by atoms with Crippen LogP contribution in [0.15, 0.2) is 70.3 Å². The van der Waals surface area contributed by atoms with Crippen LogP contribution in [-0.4, -0.2) is 36.7 Å². The number of carbonyl (C=O) groups excluding carboxylic acids is 2. The molecule has 0 radical (unpaired) electrons. The molecular formula is C24H26N4O3. The quantitative estimate of drug-likeness (QED) is 0.524. The summed E-state index contributed by atoms with van der Waals surface area (Å²) in [7, 11) is 0. The van der Waals surface area contributed by atoms with Gasteiger partial charge < -0.3 is 4.74 Å². The predicted molar refractivity (Wildman–Crippen MR) is 125 cm³/mol. The minimum absolute atomic E-state index is 0.266. The fraction of sp³-hybridized carbons (Fsp3) is 0.250. The lowest BCUT2D eigenvalue weighted by Crippen LogP contribution is -2.36. The van der Waals surface area contributed by atoms with Gasteiger partial charge in [0.15, 0.2) is 5.84 Å². The van der Waals surface area contributed by atoms with E-state index in [1.54, 1.807) is 23.1 Å². The molecule has 0 atom stereocenters. The maximum absolute atomic E-state index is 12.9. The summed E-state index contributed by atoms with van der Waals surface area (Å²) in [6, 6.07) is 16.4. The number of amides is 2. The molecule has 1 aliphatic heterocycles. The minimum Gasteiger partial charge on any atom is -0.443 e. The Morgan fingerprint density at radius 3 is 2.35 bits per heavy atom. The number of hydrogen-bond donors (Lipinski definition) is 0. The van der Waals surface area contributed by atoms with Gasteiger partial charge in [-0.25, -0.2) is 9.79 Å². The van der Waals surface area contributed by atoms with Gasteiger partial charge in [0.05, 0.1) is 11.3 Å². The molecule has 0 aromatic heterocycles. The van der Waals surface area contributed by atoms with Crippen LogP contribution in [0.4, 0.5) is 16.2 Å². The van der Waals surface area contributed by atoms with Gasteiger partial charge in [-0.2, -0.15) is 5.01 Å². The number of ether oxygens (including phenoxy) is 1. The molecule has 2 aromatic rings. The second-order valence-electron chi connectivity index (χ2n) is 7.91. The maximum atomic E-state index is 12.9. The van der Waals surface area contributed by atoms with Crippen LogP contribution in [-0.2, 0) is 9.53 Å². The second-order valence-corrected chi connectivity index (χ2v) is 7.91. The molecule has 0 bridgehead atoms. The lowest BCUT2D eigenvalue weighted by Gasteiger charge is -2.26. The molecule has 2 aromatic carbocycles. The van der Waals surface area contributed by atoms with E-state index in [0.717, 1.165) is 5.56 Å². The van der Waals surface area contributed by atoms with Gasteiger partial charge in [0.2, 0.25) is 0 Å². The Kier molecular flexibility index (Phi) is 6.34. The lowest BCUT2D eigenvalue weighted by atomic mass is 10.1. The molecule has 0 saturated carbocycles. The molecule has 3 rings (SSSR count). The van der Waals surface area contributed by atoms with Crippen molar-refractivity contribution in [3.63, 3.8) is 0 Å². The molecule has 7 heteroatoms. The lowest BCUT2D eigenvalue weighted by molar-refractivity contribution is -0.114. The standard InChI is InChI=1S/C24H26N4O3/c1-6-27(23(30)31-24(2,3)4)18-14-12-17(13-15-18)16-20-21(25-5)26-28(22(20)29)19-10-8-7-9-11-19/h7-16H,5-6H2,1-4H3. The van der Waals surface area contributed by atoms with Crippen molar-refractivity contribution in [2.75, 3.05) is 16.5 Å². The smallest absolute Gasteiger partial charge is 0.414 e. The number of rotatable bonds is 4. The first-order chi connectivity index (χ1) is 14.7. The zero-order chi connectivity index (χ0) is 22.6. The zero-order valence-electron chi connectivity index (χ0n) is 18.2. The highest BCUT2D eigenvalue weighted by Gasteiger charge is 2.30. The van der Waals surface area contributed by atoms with Crippen molar-refractivity contribution in [2.24, 2.45) is 10.1 Å². The van der Waals surface area contributed by atoms with Gasteiger partial charge in [0.25, 0.3) is 5.91 Å². The van der Waals surface area contributed by atoms with Crippen LogP contribution >= 0.6 is 0 Å². The third-order valence-electron chi connectivity index (χ3n) is 4.45. The Morgan fingerprint density at radius 2 is 1.81 bits per heavy atom. The number of para-hydroxylation sites is 1. The second kappa shape index (κ2) is 8.95. The Bertz CT molecular complexity index is 1030. The number of aliphatic imine (C=N–C) groups is 1. The van der Waals surface area contributed by atoms with Crippen molar-refractivity contribution in [1.29, 1.82) is 0 Å². The van der Waals surface area contributed by atoms with Gasteiger partial charge in [-0.15, -0.1) is 5.10 Å². The molecule has 1 aliphatic rings. The molecule has 1 heterocycles. The van der Waals surface area contributed by atoms with Crippen LogP contribution in [0.1, 0.15) is 33.3 Å². The molecule has 0 N–H and O–H groups in total. The molecule has 0 fully saturated rings. The summed E-state index contributed by atoms with van der Waals surface area (Å²) in [5.74, 6) is -0.0107. The van der Waals surface area contributed by atoms with E-state index in [1.165, 1.54) is 5.01 Å². The van der Waals surface area contributed by atoms with Gasteiger partial charge in [0, 0.05) is 12.2 Å². The summed E-state index contributed by atoms with van der Waals surface area (Å²) in [4.78, 5) is 30.8. The van der Waals surface area contributed by atoms with E-state index in [2.05, 4.69) is 16.8 Å². The van der Waals surface area contributed by atoms with E-state index in [9.17, 15) is 9.59 Å². The highest BCUT2D eigenvalue weighted by molar-refractivity contribution is 6.32. The van der Waals surface area contributed by atoms with Crippen LogP contribution in [0.3, 0.4) is 0 Å². The molecule has 31 heavy (non-hydrogen) atoms. The summed E-state index contributed by atoms with van der Waals surface area (Å²) in [6.45, 7) is 11.4. The SMILES string of the molecule is C=NC1=NN(c2ccccc2)C(=O)C1=Cc1ccc(N(CC)C(=O)OC(C)(C)C)cc1. The first-order valence-electron chi connectivity index (χ1n) is 10.0. The normalized spacial score (nSPS) is 15.1. The van der Waals surface area contributed by atoms with Crippen LogP contribution < -0.4 is 9.91 Å². The number of hydrogen-bond acceptors (Lipinski definition) is 5. The third kappa shape index (κ3) is 5.06. The molecule has 2 amide bonds. The molecule has 160 valence electrons. The van der Waals surface area contributed by atoms with E-state index in [4.69, 9.17) is 4.74 Å². The first kappa shape index (κ1) is 22.0. The topological polar surface area (TPSA) is 74.6 Å². The van der Waals surface area contributed by atoms with E-state index >= 15 is 0 Å². The monoisotopic (exact) mass is 418 g/mol. The maximum Gasteiger partial charge on any atom is 0.414 e. The Labute approximate surface area is 182 Å². The summed E-state index contributed by atoms with van der Waals surface area (Å²) in [6.07, 6.45) is 1.31. The van der Waals surface area contributed by atoms with Crippen LogP contribution in [0, 0.1) is 0 Å². The molecular weight excluding hydrogens is 392 g/mol. The minimum atomic E-state index is -0.574. The molecule has 0 unspecified atom stereocenters. The predicted octanol–water partition coefficient (Wildman–Crippen LogP) is 4.89. The molecule has 0 spiro atoms. The first-order valence-corrected chi connectivity index (χ1v) is 10.0. The van der Waals surface area contributed by atoms with Crippen molar-refractivity contribution in [3.05, 3.63) is 65.7 Å². The number of anilines is 2. The van der Waals surface area contributed by atoms with E-state index in [1.807, 2.05) is 70.2 Å². The van der Waals surface area contributed by atoms with Crippen LogP contribution in [0.2, 0.25) is 0 Å². The van der Waals surface area contributed by atoms with Crippen LogP contribution in [0.5, 0.6) is 0 Å². The Hall–Kier alpha value is -3.74. The van der Waals surface area contributed by atoms with E-state index in [0.29, 0.717) is 23.5 Å². The molecule has 0 saturated heterocycles. The van der Waals surface area contributed by atoms with Crippen molar-refractivity contribution in [1.82, 2.24) is 0 Å². The van der Waals surface area contributed by atoms with Gasteiger partial charge in [-0.3, -0.25) is 9.69 Å². The Morgan fingerprint density at radius 1 is 1.16 bits per heavy atom. The summed E-state index contributed by atoms with van der Waals surface area (Å²) in [5, 5.41) is 5.60. The van der Waals surface area contributed by atoms with Crippen molar-refractivity contribution < 1.29 is 14.3 Å². The van der Waals surface area contributed by atoms with Gasteiger partial charge in [-0.1, -0.05) is 30.3 Å². The van der Waals surface area contributed by atoms with E-state index in [-0.39, 0.29) is 11.7 Å². The highest BCUT2D eigenvalue weighted by Crippen LogP contribution is 2.26. The number of benzene rings is 2. The van der Waals surface area contributed by atoms with Gasteiger partial charge in [0.1, 0.15) is 5.60 Å². The fourth-order valence-electron chi connectivity index (χ4n) is 3.04. The third-order valence-corrected chi connectivity index (χ3v) is 4.45. The fourth-order valence-corrected chi connectivity index (χ4v) is 3.04.